The summed E-state index contributed by atoms with van der Waals surface area (Å²) in [6, 6.07) is 9.22. The molecule has 1 saturated heterocycles. The fourth-order valence-electron chi connectivity index (χ4n) is 5.97. The van der Waals surface area contributed by atoms with Gasteiger partial charge < -0.3 is 4.74 Å². The third-order valence-electron chi connectivity index (χ3n) is 8.23. The van der Waals surface area contributed by atoms with E-state index in [4.69, 9.17) is 4.74 Å². The van der Waals surface area contributed by atoms with E-state index in [0.717, 1.165) is 48.9 Å². The topological polar surface area (TPSA) is 124 Å². The largest absolute Gasteiger partial charge is 0.458 e. The lowest BCUT2D eigenvalue weighted by Crippen LogP contribution is -2.52. The van der Waals surface area contributed by atoms with Gasteiger partial charge in [-0.2, -0.15) is 4.98 Å². The number of Topliss-reactive ketones (excluding diaryl/α,β-unsaturated/α-hetero) is 1. The molecule has 1 saturated carbocycles. The highest BCUT2D eigenvalue weighted by atomic mass is 32.2. The molecule has 0 amide bonds. The zero-order valence-corrected chi connectivity index (χ0v) is 23.7. The quantitative estimate of drug-likeness (QED) is 0.307. The minimum Gasteiger partial charge on any atom is -0.458 e. The summed E-state index contributed by atoms with van der Waals surface area (Å²) in [6.07, 6.45) is 6.58. The molecule has 2 aromatic heterocycles. The Balaban J connectivity index is 1.32. The summed E-state index contributed by atoms with van der Waals surface area (Å²) < 4.78 is 32.8. The minimum absolute atomic E-state index is 0.0928. The number of anilines is 1. The zero-order chi connectivity index (χ0) is 27.9. The van der Waals surface area contributed by atoms with Gasteiger partial charge >= 0.3 is 5.97 Å². The van der Waals surface area contributed by atoms with Gasteiger partial charge in [0.05, 0.1) is 11.9 Å². The van der Waals surface area contributed by atoms with Crippen molar-refractivity contribution in [3.05, 3.63) is 53.1 Å². The van der Waals surface area contributed by atoms with Gasteiger partial charge in [0.1, 0.15) is 11.5 Å². The average molecular weight is 554 g/mol. The van der Waals surface area contributed by atoms with Crippen LogP contribution < -0.4 is 4.31 Å². The molecular formula is C28H35N5O5S. The molecule has 0 bridgehead atoms. The number of fused-ring (bicyclic) bond motifs is 1. The number of sulfonamides is 1. The maximum absolute atomic E-state index is 13.5. The molecule has 2 fully saturated rings. The fourth-order valence-corrected chi connectivity index (χ4v) is 6.48. The summed E-state index contributed by atoms with van der Waals surface area (Å²) in [5.41, 5.74) is 2.45. The first-order valence-corrected chi connectivity index (χ1v) is 15.3. The molecule has 5 rings (SSSR count). The number of hydrogen-bond donors (Lipinski definition) is 0. The van der Waals surface area contributed by atoms with E-state index in [1.165, 1.54) is 11.4 Å². The number of nitrogens with zero attached hydrogens (tertiary/aromatic N) is 5. The van der Waals surface area contributed by atoms with Crippen LogP contribution in [-0.2, 0) is 37.2 Å². The lowest BCUT2D eigenvalue weighted by molar-refractivity contribution is -0.185. The maximum Gasteiger partial charge on any atom is 0.317 e. The monoisotopic (exact) mass is 553 g/mol. The molecule has 0 N–H and O–H groups in total. The van der Waals surface area contributed by atoms with Crippen LogP contribution >= 0.6 is 0 Å². The zero-order valence-electron chi connectivity index (χ0n) is 22.9. The van der Waals surface area contributed by atoms with E-state index < -0.39 is 27.5 Å². The predicted octanol–water partition coefficient (Wildman–Crippen LogP) is 3.37. The number of aryl methyl sites for hydroxylation is 3. The number of carbonyl (C=O) groups is 2. The normalized spacial score (nSPS) is 22.4. The van der Waals surface area contributed by atoms with Crippen molar-refractivity contribution in [1.29, 1.82) is 0 Å². The third kappa shape index (κ3) is 5.54. The first-order valence-electron chi connectivity index (χ1n) is 13.4. The smallest absolute Gasteiger partial charge is 0.317 e. The molecule has 0 radical (unpaired) electrons. The van der Waals surface area contributed by atoms with Crippen LogP contribution in [0.25, 0.3) is 5.78 Å². The second kappa shape index (κ2) is 10.3. The predicted molar refractivity (Wildman–Crippen MR) is 146 cm³/mol. The number of ether oxygens (including phenoxy) is 1. The van der Waals surface area contributed by atoms with Gasteiger partial charge in [-0.1, -0.05) is 25.0 Å². The van der Waals surface area contributed by atoms with E-state index in [-0.39, 0.29) is 24.5 Å². The summed E-state index contributed by atoms with van der Waals surface area (Å²) in [6.45, 7) is 3.79. The van der Waals surface area contributed by atoms with E-state index in [1.807, 2.05) is 32.0 Å². The van der Waals surface area contributed by atoms with Crippen molar-refractivity contribution in [2.75, 3.05) is 17.6 Å². The number of hydrogen-bond acceptors (Lipinski definition) is 8. The number of carbonyl (C=O) groups excluding carboxylic acids is 2. The van der Waals surface area contributed by atoms with Crippen LogP contribution in [0.4, 0.5) is 5.69 Å². The number of rotatable bonds is 8. The molecule has 1 aromatic carbocycles. The van der Waals surface area contributed by atoms with Gasteiger partial charge in [0, 0.05) is 31.3 Å². The molecule has 1 aliphatic carbocycles. The second-order valence-electron chi connectivity index (χ2n) is 11.0. The summed E-state index contributed by atoms with van der Waals surface area (Å²) >= 11 is 0. The standard InChI is InChI=1S/C28H35N5O5S/c1-18-15-19(2)33-27(29-18)30-25(31-33)16-23-24(34)17-28(38-26(23)35,21-7-5-6-8-21)14-13-20-9-11-22(12-10-20)32(3)39(4,36)37/h9-12,15,21,23H,5-8,13-14,16-17H2,1-4H3. The fraction of sp³-hybridized carbons (Fsp3) is 0.536. The highest BCUT2D eigenvalue weighted by Crippen LogP contribution is 2.45. The Labute approximate surface area is 228 Å². The number of ketones is 1. The Bertz CT molecular complexity index is 1490. The van der Waals surface area contributed by atoms with Crippen molar-refractivity contribution in [2.45, 2.75) is 70.8 Å². The molecule has 2 atom stereocenters. The highest BCUT2D eigenvalue weighted by molar-refractivity contribution is 7.92. The molecule has 3 heterocycles. The molecule has 3 aromatic rings. The van der Waals surface area contributed by atoms with Crippen LogP contribution in [0.5, 0.6) is 0 Å². The van der Waals surface area contributed by atoms with Crippen LogP contribution in [0.3, 0.4) is 0 Å². The van der Waals surface area contributed by atoms with Crippen molar-refractivity contribution in [3.8, 4) is 0 Å². The van der Waals surface area contributed by atoms with Crippen molar-refractivity contribution >= 4 is 33.2 Å². The molecule has 2 unspecified atom stereocenters. The van der Waals surface area contributed by atoms with E-state index in [0.29, 0.717) is 30.1 Å². The molecular weight excluding hydrogens is 518 g/mol. The molecule has 2 aliphatic rings. The van der Waals surface area contributed by atoms with Gasteiger partial charge in [-0.3, -0.25) is 13.9 Å². The highest BCUT2D eigenvalue weighted by Gasteiger charge is 2.51. The van der Waals surface area contributed by atoms with Crippen LogP contribution in [0.1, 0.15) is 61.3 Å². The van der Waals surface area contributed by atoms with Gasteiger partial charge in [-0.15, -0.1) is 5.10 Å². The van der Waals surface area contributed by atoms with Crippen molar-refractivity contribution in [2.24, 2.45) is 11.8 Å². The van der Waals surface area contributed by atoms with Gasteiger partial charge in [-0.05, 0) is 69.2 Å². The van der Waals surface area contributed by atoms with Gasteiger partial charge in [0.2, 0.25) is 10.0 Å². The first-order chi connectivity index (χ1) is 18.4. The summed E-state index contributed by atoms with van der Waals surface area (Å²) in [4.78, 5) is 35.7. The van der Waals surface area contributed by atoms with Crippen LogP contribution in [0.2, 0.25) is 0 Å². The van der Waals surface area contributed by atoms with E-state index >= 15 is 0 Å². The number of aromatic nitrogens is 4. The van der Waals surface area contributed by atoms with E-state index in [2.05, 4.69) is 15.1 Å². The first kappa shape index (κ1) is 27.2. The molecule has 11 heteroatoms. The van der Waals surface area contributed by atoms with E-state index in [9.17, 15) is 18.0 Å². The number of cyclic esters (lactones) is 1. The molecule has 1 aliphatic heterocycles. The minimum atomic E-state index is -3.35. The van der Waals surface area contributed by atoms with Crippen LogP contribution in [0.15, 0.2) is 30.3 Å². The van der Waals surface area contributed by atoms with Gasteiger partial charge in [-0.25, -0.2) is 17.9 Å². The number of esters is 1. The Morgan fingerprint density at radius 3 is 2.44 bits per heavy atom. The Morgan fingerprint density at radius 1 is 1.10 bits per heavy atom. The third-order valence-corrected chi connectivity index (χ3v) is 9.44. The summed E-state index contributed by atoms with van der Waals surface area (Å²) in [5, 5.41) is 4.48. The van der Waals surface area contributed by atoms with Crippen LogP contribution in [0, 0.1) is 25.7 Å². The van der Waals surface area contributed by atoms with Gasteiger partial charge in [0.25, 0.3) is 5.78 Å². The average Bonchev–Trinajstić information content (AvgIpc) is 3.55. The molecule has 10 nitrogen and oxygen atoms in total. The summed E-state index contributed by atoms with van der Waals surface area (Å²) in [7, 11) is -1.83. The molecule has 208 valence electrons. The maximum atomic E-state index is 13.5. The van der Waals surface area contributed by atoms with Gasteiger partial charge in [0.15, 0.2) is 11.6 Å². The Morgan fingerprint density at radius 2 is 1.79 bits per heavy atom. The van der Waals surface area contributed by atoms with Crippen molar-refractivity contribution in [3.63, 3.8) is 0 Å². The molecule has 39 heavy (non-hydrogen) atoms. The Hall–Kier alpha value is -3.34. The van der Waals surface area contributed by atoms with E-state index in [1.54, 1.807) is 16.6 Å². The number of benzene rings is 1. The lowest BCUT2D eigenvalue weighted by Gasteiger charge is -2.43. The van der Waals surface area contributed by atoms with Crippen LogP contribution in [-0.4, -0.2) is 58.7 Å². The van der Waals surface area contributed by atoms with Crippen molar-refractivity contribution < 1.29 is 22.7 Å². The van der Waals surface area contributed by atoms with Crippen molar-refractivity contribution in [1.82, 2.24) is 19.6 Å². The second-order valence-corrected chi connectivity index (χ2v) is 13.1. The lowest BCUT2D eigenvalue weighted by atomic mass is 9.73. The SMILES string of the molecule is Cc1cc(C)n2nc(CC3C(=O)CC(CCc4ccc(N(C)S(C)(=O)=O)cc4)(C4CCCC4)OC3=O)nc2n1. The summed E-state index contributed by atoms with van der Waals surface area (Å²) in [5.74, 6) is -0.549. The Kier molecular flexibility index (Phi) is 7.21. The molecule has 0 spiro atoms.